The van der Waals surface area contributed by atoms with E-state index in [4.69, 9.17) is 4.74 Å². The zero-order valence-corrected chi connectivity index (χ0v) is 16.8. The Morgan fingerprint density at radius 1 is 1.07 bits per heavy atom. The summed E-state index contributed by atoms with van der Waals surface area (Å²) in [4.78, 5) is 24.7. The summed E-state index contributed by atoms with van der Waals surface area (Å²) in [6.07, 6.45) is 6.55. The van der Waals surface area contributed by atoms with Crippen LogP contribution < -0.4 is 15.2 Å². The number of benzene rings is 1. The maximum absolute atomic E-state index is 13.3. The van der Waals surface area contributed by atoms with Gasteiger partial charge in [-0.3, -0.25) is 4.79 Å². The van der Waals surface area contributed by atoms with Crippen LogP contribution in [0.4, 0.5) is 0 Å². The number of ether oxygens (including phenoxy) is 1. The fourth-order valence-electron chi connectivity index (χ4n) is 6.17. The van der Waals surface area contributed by atoms with Crippen molar-refractivity contribution >= 4 is 11.9 Å². The number of aliphatic carboxylic acids is 1. The highest BCUT2D eigenvalue weighted by atomic mass is 16.5. The lowest BCUT2D eigenvalue weighted by molar-refractivity contribution is -0.306. The second-order valence-corrected chi connectivity index (χ2v) is 9.54. The molecule has 0 unspecified atom stereocenters. The zero-order chi connectivity index (χ0) is 19.9. The minimum Gasteiger partial charge on any atom is -0.550 e. The van der Waals surface area contributed by atoms with Gasteiger partial charge in [-0.05, 0) is 87.8 Å². The maximum Gasteiger partial charge on any atom is 0.226 e. The number of carbonyl (C=O) groups excluding carboxylic acids is 2. The van der Waals surface area contributed by atoms with Crippen LogP contribution >= 0.6 is 0 Å². The largest absolute Gasteiger partial charge is 0.550 e. The summed E-state index contributed by atoms with van der Waals surface area (Å²) < 4.78 is 5.66. The lowest BCUT2D eigenvalue weighted by atomic mass is 9.49. The van der Waals surface area contributed by atoms with Crippen molar-refractivity contribution in [2.45, 2.75) is 70.9 Å². The maximum atomic E-state index is 13.3. The number of carbonyl (C=O) groups is 2. The highest BCUT2D eigenvalue weighted by Gasteiger charge is 2.54. The summed E-state index contributed by atoms with van der Waals surface area (Å²) in [6.45, 7) is 3.91. The van der Waals surface area contributed by atoms with E-state index in [9.17, 15) is 14.7 Å². The fourth-order valence-corrected chi connectivity index (χ4v) is 6.17. The van der Waals surface area contributed by atoms with E-state index in [0.29, 0.717) is 17.8 Å². The third-order valence-electron chi connectivity index (χ3n) is 6.85. The van der Waals surface area contributed by atoms with E-state index in [0.717, 1.165) is 30.6 Å². The van der Waals surface area contributed by atoms with Crippen molar-refractivity contribution in [2.75, 3.05) is 0 Å². The third-order valence-corrected chi connectivity index (χ3v) is 6.85. The summed E-state index contributed by atoms with van der Waals surface area (Å²) in [5, 5.41) is 14.4. The van der Waals surface area contributed by atoms with Gasteiger partial charge in [-0.25, -0.2) is 0 Å². The molecular weight excluding hydrogens is 354 g/mol. The van der Waals surface area contributed by atoms with E-state index in [1.807, 2.05) is 38.1 Å². The average Bonchev–Trinajstić information content (AvgIpc) is 2.59. The molecule has 1 atom stereocenters. The van der Waals surface area contributed by atoms with E-state index in [1.54, 1.807) is 0 Å². The normalized spacial score (nSPS) is 31.6. The molecule has 1 N–H and O–H groups in total. The van der Waals surface area contributed by atoms with Crippen molar-refractivity contribution in [3.63, 3.8) is 0 Å². The molecule has 0 saturated heterocycles. The summed E-state index contributed by atoms with van der Waals surface area (Å²) in [5.41, 5.74) is 0.484. The average molecular weight is 384 g/mol. The molecule has 5 heteroatoms. The predicted molar refractivity (Wildman–Crippen MR) is 103 cm³/mol. The van der Waals surface area contributed by atoms with Crippen molar-refractivity contribution < 1.29 is 19.4 Å². The Labute approximate surface area is 166 Å². The van der Waals surface area contributed by atoms with Crippen LogP contribution in [0.3, 0.4) is 0 Å². The minimum atomic E-state index is -1.15. The van der Waals surface area contributed by atoms with Crippen molar-refractivity contribution in [1.82, 2.24) is 5.32 Å². The van der Waals surface area contributed by atoms with Crippen LogP contribution in [0.25, 0.3) is 0 Å². The quantitative estimate of drug-likeness (QED) is 0.784. The number of amides is 1. The molecule has 28 heavy (non-hydrogen) atoms. The van der Waals surface area contributed by atoms with Gasteiger partial charge in [-0.2, -0.15) is 0 Å². The van der Waals surface area contributed by atoms with Gasteiger partial charge >= 0.3 is 0 Å². The molecule has 5 nitrogen and oxygen atoms in total. The molecule has 0 aliphatic heterocycles. The first-order valence-electron chi connectivity index (χ1n) is 10.6. The van der Waals surface area contributed by atoms with E-state index >= 15 is 0 Å². The Hall–Kier alpha value is -2.04. The Balaban J connectivity index is 1.50. The highest BCUT2D eigenvalue weighted by molar-refractivity contribution is 5.84. The van der Waals surface area contributed by atoms with Crippen molar-refractivity contribution in [3.8, 4) is 5.75 Å². The predicted octanol–water partition coefficient (Wildman–Crippen LogP) is 2.99. The minimum absolute atomic E-state index is 0.0420. The van der Waals surface area contributed by atoms with Crippen molar-refractivity contribution in [1.29, 1.82) is 0 Å². The number of rotatable bonds is 7. The highest BCUT2D eigenvalue weighted by Crippen LogP contribution is 2.60. The van der Waals surface area contributed by atoms with E-state index in [2.05, 4.69) is 5.32 Å². The van der Waals surface area contributed by atoms with Gasteiger partial charge in [0.25, 0.3) is 0 Å². The van der Waals surface area contributed by atoms with Gasteiger partial charge in [0.1, 0.15) is 5.75 Å². The standard InChI is InChI=1S/C23H31NO4/c1-14(2)28-19-5-3-18(4-6-19)20(10-21(25)26)24-22(27)23-11-15-7-16(12-23)9-17(8-15)13-23/h3-6,14-17,20H,7-13H2,1-2H3,(H,24,27)(H,25,26)/p-1/t15?,16?,17?,20-,23?/m0/s1. The van der Waals surface area contributed by atoms with Gasteiger partial charge < -0.3 is 20.0 Å². The zero-order valence-electron chi connectivity index (χ0n) is 16.8. The first-order chi connectivity index (χ1) is 13.3. The molecule has 0 spiro atoms. The Morgan fingerprint density at radius 3 is 2.07 bits per heavy atom. The molecule has 4 aliphatic rings. The number of hydrogen-bond acceptors (Lipinski definition) is 4. The Kier molecular flexibility index (Phi) is 5.11. The van der Waals surface area contributed by atoms with E-state index in [1.165, 1.54) is 19.3 Å². The number of carboxylic acid groups (broad SMARTS) is 1. The second-order valence-electron chi connectivity index (χ2n) is 9.54. The van der Waals surface area contributed by atoms with Crippen LogP contribution in [0.5, 0.6) is 5.75 Å². The molecule has 1 amide bonds. The summed E-state index contributed by atoms with van der Waals surface area (Å²) >= 11 is 0. The first-order valence-corrected chi connectivity index (χ1v) is 10.6. The summed E-state index contributed by atoms with van der Waals surface area (Å²) in [5.74, 6) is 1.63. The lowest BCUT2D eigenvalue weighted by Gasteiger charge is -2.55. The van der Waals surface area contributed by atoms with Crippen LogP contribution in [0.15, 0.2) is 24.3 Å². The van der Waals surface area contributed by atoms with Crippen LogP contribution in [-0.4, -0.2) is 18.0 Å². The second kappa shape index (κ2) is 7.41. The molecule has 5 rings (SSSR count). The smallest absolute Gasteiger partial charge is 0.226 e. The third kappa shape index (κ3) is 3.89. The topological polar surface area (TPSA) is 78.5 Å². The summed E-state index contributed by atoms with van der Waals surface area (Å²) in [6, 6.07) is 6.76. The molecule has 0 aromatic heterocycles. The van der Waals surface area contributed by atoms with Gasteiger partial charge in [0.2, 0.25) is 5.91 Å². The lowest BCUT2D eigenvalue weighted by Crippen LogP contribution is -2.54. The molecular formula is C23H30NO4-. The van der Waals surface area contributed by atoms with Gasteiger partial charge in [-0.1, -0.05) is 12.1 Å². The van der Waals surface area contributed by atoms with Gasteiger partial charge in [0, 0.05) is 17.8 Å². The molecule has 0 radical (unpaired) electrons. The molecule has 0 heterocycles. The first kappa shape index (κ1) is 19.3. The van der Waals surface area contributed by atoms with Crippen molar-refractivity contribution in [2.24, 2.45) is 23.2 Å². The van der Waals surface area contributed by atoms with Crippen LogP contribution in [0, 0.1) is 23.2 Å². The van der Waals surface area contributed by atoms with Crippen LogP contribution in [-0.2, 0) is 9.59 Å². The molecule has 4 saturated carbocycles. The molecule has 4 bridgehead atoms. The van der Waals surface area contributed by atoms with Crippen LogP contribution in [0.2, 0.25) is 0 Å². The van der Waals surface area contributed by atoms with E-state index < -0.39 is 12.0 Å². The molecule has 1 aromatic rings. The number of carboxylic acids is 1. The molecule has 4 fully saturated rings. The number of nitrogens with one attached hydrogen (secondary N) is 1. The van der Waals surface area contributed by atoms with Gasteiger partial charge in [0.05, 0.1) is 12.1 Å². The molecule has 4 aliphatic carbocycles. The Morgan fingerprint density at radius 2 is 1.61 bits per heavy atom. The fraction of sp³-hybridized carbons (Fsp3) is 0.652. The Bertz CT molecular complexity index is 704. The number of hydrogen-bond donors (Lipinski definition) is 1. The molecule has 1 aromatic carbocycles. The van der Waals surface area contributed by atoms with Gasteiger partial charge in [0.15, 0.2) is 0 Å². The van der Waals surface area contributed by atoms with Crippen molar-refractivity contribution in [3.05, 3.63) is 29.8 Å². The molecule has 152 valence electrons. The summed E-state index contributed by atoms with van der Waals surface area (Å²) in [7, 11) is 0. The monoisotopic (exact) mass is 384 g/mol. The van der Waals surface area contributed by atoms with E-state index in [-0.39, 0.29) is 23.8 Å². The van der Waals surface area contributed by atoms with Crippen LogP contribution in [0.1, 0.15) is 70.4 Å². The SMILES string of the molecule is CC(C)Oc1ccc([C@H](CC(=O)[O-])NC(=O)C23CC4CC(CC(C4)C2)C3)cc1. The van der Waals surface area contributed by atoms with Gasteiger partial charge in [-0.15, -0.1) is 0 Å².